The van der Waals surface area contributed by atoms with Crippen LogP contribution < -0.4 is 9.47 Å². The Labute approximate surface area is 238 Å². The van der Waals surface area contributed by atoms with E-state index in [1.54, 1.807) is 19.1 Å². The second-order valence-electron chi connectivity index (χ2n) is 11.0. The molecule has 216 valence electrons. The lowest BCUT2D eigenvalue weighted by molar-refractivity contribution is -0.128. The molecule has 0 bridgehead atoms. The van der Waals surface area contributed by atoms with Crippen molar-refractivity contribution in [2.75, 3.05) is 33.9 Å². The summed E-state index contributed by atoms with van der Waals surface area (Å²) in [4.78, 5) is 21.4. The van der Waals surface area contributed by atoms with Gasteiger partial charge in [0.15, 0.2) is 0 Å². The lowest BCUT2D eigenvalue weighted by Gasteiger charge is -2.36. The number of hydrogen-bond acceptors (Lipinski definition) is 9. The van der Waals surface area contributed by atoms with Crippen molar-refractivity contribution in [3.63, 3.8) is 0 Å². The molecule has 11 nitrogen and oxygen atoms in total. The summed E-state index contributed by atoms with van der Waals surface area (Å²) in [6, 6.07) is 11.7. The lowest BCUT2D eigenvalue weighted by Crippen LogP contribution is -2.45. The van der Waals surface area contributed by atoms with Crippen molar-refractivity contribution < 1.29 is 23.9 Å². The van der Waals surface area contributed by atoms with Gasteiger partial charge in [0.25, 0.3) is 0 Å². The molecule has 0 radical (unpaired) electrons. The SMILES string of the molecule is COc1ccc(CN2CC(C(O)N3CCC(c4nc(-c5ccc6c(C)nn(C)c6c5)no4)CC3)CC2=O)c(OC)c1. The Morgan fingerprint density at radius 2 is 1.93 bits per heavy atom. The molecular formula is C30H36N6O5. The molecule has 4 heterocycles. The smallest absolute Gasteiger partial charge is 0.230 e. The Balaban J connectivity index is 1.05. The maximum Gasteiger partial charge on any atom is 0.230 e. The molecule has 2 aromatic carbocycles. The molecule has 11 heteroatoms. The fraction of sp³-hybridized carbons (Fsp3) is 0.467. The highest BCUT2D eigenvalue weighted by Crippen LogP contribution is 2.34. The highest BCUT2D eigenvalue weighted by atomic mass is 16.5. The van der Waals surface area contributed by atoms with E-state index in [0.717, 1.165) is 40.6 Å². The number of hydrogen-bond donors (Lipinski definition) is 1. The predicted molar refractivity (Wildman–Crippen MR) is 151 cm³/mol. The number of carbonyl (C=O) groups is 1. The molecule has 41 heavy (non-hydrogen) atoms. The maximum absolute atomic E-state index is 12.8. The number of amides is 1. The van der Waals surface area contributed by atoms with E-state index in [-0.39, 0.29) is 17.7 Å². The third-order valence-corrected chi connectivity index (χ3v) is 8.51. The molecule has 2 unspecified atom stereocenters. The molecule has 0 saturated carbocycles. The minimum Gasteiger partial charge on any atom is -0.497 e. The summed E-state index contributed by atoms with van der Waals surface area (Å²) in [5.41, 5.74) is 3.82. The molecular weight excluding hydrogens is 524 g/mol. The second-order valence-corrected chi connectivity index (χ2v) is 11.0. The number of aliphatic hydroxyl groups excluding tert-OH is 1. The average Bonchev–Trinajstić information content (AvgIpc) is 3.70. The molecule has 2 aliphatic rings. The Morgan fingerprint density at radius 1 is 1.12 bits per heavy atom. The van der Waals surface area contributed by atoms with Gasteiger partial charge in [-0.15, -0.1) is 0 Å². The van der Waals surface area contributed by atoms with Crippen LogP contribution in [-0.2, 0) is 18.4 Å². The first-order valence-electron chi connectivity index (χ1n) is 14.0. The molecule has 2 atom stereocenters. The summed E-state index contributed by atoms with van der Waals surface area (Å²) >= 11 is 0. The summed E-state index contributed by atoms with van der Waals surface area (Å²) in [7, 11) is 5.15. The van der Waals surface area contributed by atoms with E-state index in [9.17, 15) is 9.90 Å². The van der Waals surface area contributed by atoms with Crippen molar-refractivity contribution in [2.45, 2.75) is 44.9 Å². The molecule has 2 saturated heterocycles. The number of carbonyl (C=O) groups excluding carboxylic acids is 1. The van der Waals surface area contributed by atoms with Crippen LogP contribution in [0.25, 0.3) is 22.3 Å². The van der Waals surface area contributed by atoms with Crippen LogP contribution in [0.15, 0.2) is 40.9 Å². The van der Waals surface area contributed by atoms with Crippen LogP contribution in [0, 0.1) is 12.8 Å². The number of methoxy groups -OCH3 is 2. The molecule has 2 aromatic heterocycles. The third-order valence-electron chi connectivity index (χ3n) is 8.51. The zero-order valence-corrected chi connectivity index (χ0v) is 23.9. The quantitative estimate of drug-likeness (QED) is 0.345. The number of piperidine rings is 1. The molecule has 1 N–H and O–H groups in total. The number of fused-ring (bicyclic) bond motifs is 1. The van der Waals surface area contributed by atoms with Crippen molar-refractivity contribution in [3.8, 4) is 22.9 Å². The first kappa shape index (κ1) is 27.2. The number of likely N-dealkylation sites (tertiary alicyclic amines) is 2. The van der Waals surface area contributed by atoms with E-state index < -0.39 is 6.23 Å². The highest BCUT2D eigenvalue weighted by Gasteiger charge is 2.38. The summed E-state index contributed by atoms with van der Waals surface area (Å²) in [6.07, 6.45) is 1.24. The van der Waals surface area contributed by atoms with Crippen molar-refractivity contribution in [1.29, 1.82) is 0 Å². The largest absolute Gasteiger partial charge is 0.497 e. The Kier molecular flexibility index (Phi) is 7.39. The first-order valence-corrected chi connectivity index (χ1v) is 14.0. The molecule has 0 aliphatic carbocycles. The Morgan fingerprint density at radius 3 is 2.68 bits per heavy atom. The van der Waals surface area contributed by atoms with Crippen molar-refractivity contribution >= 4 is 16.8 Å². The fourth-order valence-corrected chi connectivity index (χ4v) is 6.15. The number of nitrogens with zero attached hydrogens (tertiary/aromatic N) is 6. The summed E-state index contributed by atoms with van der Waals surface area (Å²) < 4.78 is 18.3. The molecule has 1 amide bonds. The van der Waals surface area contributed by atoms with E-state index in [1.807, 2.05) is 55.1 Å². The predicted octanol–water partition coefficient (Wildman–Crippen LogP) is 3.50. The van der Waals surface area contributed by atoms with Gasteiger partial charge in [-0.2, -0.15) is 10.1 Å². The van der Waals surface area contributed by atoms with Crippen LogP contribution in [0.5, 0.6) is 11.5 Å². The number of aromatic nitrogens is 4. The maximum atomic E-state index is 12.8. The zero-order chi connectivity index (χ0) is 28.7. The lowest BCUT2D eigenvalue weighted by atomic mass is 9.95. The van der Waals surface area contributed by atoms with Crippen LogP contribution in [0.3, 0.4) is 0 Å². The van der Waals surface area contributed by atoms with E-state index in [0.29, 0.717) is 55.8 Å². The topological polar surface area (TPSA) is 119 Å². The van der Waals surface area contributed by atoms with E-state index in [2.05, 4.69) is 15.2 Å². The number of rotatable bonds is 8. The summed E-state index contributed by atoms with van der Waals surface area (Å²) in [5, 5.41) is 21.1. The Bertz CT molecular complexity index is 1560. The average molecular weight is 561 g/mol. The number of benzene rings is 2. The van der Waals surface area contributed by atoms with E-state index in [4.69, 9.17) is 19.0 Å². The summed E-state index contributed by atoms with van der Waals surface area (Å²) in [6.45, 7) is 4.33. The number of aryl methyl sites for hydroxylation is 2. The van der Waals surface area contributed by atoms with Crippen molar-refractivity contribution in [2.24, 2.45) is 13.0 Å². The van der Waals surface area contributed by atoms with Gasteiger partial charge in [0.2, 0.25) is 17.6 Å². The molecule has 0 spiro atoms. The second kappa shape index (κ2) is 11.1. The van der Waals surface area contributed by atoms with Gasteiger partial charge in [0.05, 0.1) is 25.4 Å². The van der Waals surface area contributed by atoms with Gasteiger partial charge in [-0.25, -0.2) is 0 Å². The van der Waals surface area contributed by atoms with Gasteiger partial charge in [0, 0.05) is 74.1 Å². The molecule has 4 aromatic rings. The Hall–Kier alpha value is -3.96. The van der Waals surface area contributed by atoms with Crippen molar-refractivity contribution in [1.82, 2.24) is 29.7 Å². The zero-order valence-electron chi connectivity index (χ0n) is 23.9. The molecule has 6 rings (SSSR count). The van der Waals surface area contributed by atoms with Crippen LogP contribution in [0.2, 0.25) is 0 Å². The van der Waals surface area contributed by atoms with Gasteiger partial charge in [-0.3, -0.25) is 14.4 Å². The number of ether oxygens (including phenoxy) is 2. The monoisotopic (exact) mass is 560 g/mol. The highest BCUT2D eigenvalue weighted by molar-refractivity contribution is 5.85. The number of aliphatic hydroxyl groups is 1. The van der Waals surface area contributed by atoms with E-state index >= 15 is 0 Å². The normalized spacial score (nSPS) is 19.3. The summed E-state index contributed by atoms with van der Waals surface area (Å²) in [5.74, 6) is 2.61. The molecule has 2 fully saturated rings. The van der Waals surface area contributed by atoms with Crippen molar-refractivity contribution in [3.05, 3.63) is 53.5 Å². The molecule has 2 aliphatic heterocycles. The fourth-order valence-electron chi connectivity index (χ4n) is 6.15. The third kappa shape index (κ3) is 5.27. The minimum absolute atomic E-state index is 0.0414. The minimum atomic E-state index is -0.685. The van der Waals surface area contributed by atoms with E-state index in [1.165, 1.54) is 0 Å². The van der Waals surface area contributed by atoms with Crippen LogP contribution in [0.4, 0.5) is 0 Å². The first-order chi connectivity index (χ1) is 19.8. The van der Waals surface area contributed by atoms with Crippen LogP contribution in [-0.4, -0.2) is 80.8 Å². The van der Waals surface area contributed by atoms with Gasteiger partial charge in [-0.05, 0) is 38.0 Å². The van der Waals surface area contributed by atoms with Gasteiger partial charge < -0.3 is 24.0 Å². The van der Waals surface area contributed by atoms with Gasteiger partial charge in [-0.1, -0.05) is 17.3 Å². The van der Waals surface area contributed by atoms with Crippen LogP contribution in [0.1, 0.15) is 42.3 Å². The van der Waals surface area contributed by atoms with Gasteiger partial charge in [0.1, 0.15) is 17.7 Å². The standard InChI is InChI=1S/C30H36N6O5/c1-18-24-8-6-20(13-25(24)34(2)32-18)28-31-29(41-33-28)19-9-11-35(12-10-19)30(38)22-14-27(37)36(17-22)16-21-5-7-23(39-3)15-26(21)40-4/h5-8,13,15,19,22,30,38H,9-12,14,16-17H2,1-4H3. The van der Waals surface area contributed by atoms with Gasteiger partial charge >= 0.3 is 0 Å². The van der Waals surface area contributed by atoms with Crippen LogP contribution >= 0.6 is 0 Å².